The molecule has 0 saturated carbocycles. The summed E-state index contributed by atoms with van der Waals surface area (Å²) in [5.74, 6) is -0.613. The maximum Gasteiger partial charge on any atom is 0.336 e. The van der Waals surface area contributed by atoms with E-state index in [1.54, 1.807) is 39.0 Å². The molecular weight excluding hydrogens is 404 g/mol. The van der Waals surface area contributed by atoms with Crippen LogP contribution in [-0.2, 0) is 0 Å². The van der Waals surface area contributed by atoms with Gasteiger partial charge in [-0.05, 0) is 86.7 Å². The number of carboxylic acids is 1. The quantitative estimate of drug-likeness (QED) is 0.401. The van der Waals surface area contributed by atoms with E-state index in [4.69, 9.17) is 4.74 Å². The number of ether oxygens (including phenoxy) is 1. The van der Waals surface area contributed by atoms with Crippen LogP contribution in [0.15, 0.2) is 60.7 Å². The number of fused-ring (bicyclic) bond motifs is 1. The Morgan fingerprint density at radius 3 is 2.47 bits per heavy atom. The van der Waals surface area contributed by atoms with Gasteiger partial charge in [-0.1, -0.05) is 30.9 Å². The van der Waals surface area contributed by atoms with Crippen LogP contribution in [0.5, 0.6) is 11.8 Å². The lowest BCUT2D eigenvalue weighted by atomic mass is 9.96. The molecule has 0 spiro atoms. The zero-order chi connectivity index (χ0) is 23.6. The Balaban J connectivity index is 1.97. The van der Waals surface area contributed by atoms with Crippen molar-refractivity contribution >= 4 is 22.6 Å². The smallest absolute Gasteiger partial charge is 0.336 e. The van der Waals surface area contributed by atoms with Gasteiger partial charge in [-0.3, -0.25) is 0 Å². The van der Waals surface area contributed by atoms with Gasteiger partial charge in [-0.25, -0.2) is 4.79 Å². The SMILES string of the molecule is C=C/C(=C\C=C(/C)C(C)(C)O)c1cc2nc(Oc3ccc(C)c(C(=O)O)c3)[nH]c2cc1C. The van der Waals surface area contributed by atoms with Crippen LogP contribution in [0.25, 0.3) is 16.6 Å². The summed E-state index contributed by atoms with van der Waals surface area (Å²) in [7, 11) is 0. The normalized spacial score (nSPS) is 12.8. The molecule has 0 bridgehead atoms. The Morgan fingerprint density at radius 1 is 1.12 bits per heavy atom. The van der Waals surface area contributed by atoms with Crippen molar-refractivity contribution in [2.24, 2.45) is 0 Å². The highest BCUT2D eigenvalue weighted by atomic mass is 16.5. The highest BCUT2D eigenvalue weighted by Gasteiger charge is 2.15. The molecular formula is C26H28N2O4. The van der Waals surface area contributed by atoms with Gasteiger partial charge in [0, 0.05) is 0 Å². The molecule has 0 saturated heterocycles. The molecule has 0 atom stereocenters. The van der Waals surface area contributed by atoms with Crippen molar-refractivity contribution < 1.29 is 19.7 Å². The van der Waals surface area contributed by atoms with E-state index in [1.807, 2.05) is 38.1 Å². The number of aromatic carboxylic acids is 1. The minimum atomic E-state index is -1.00. The number of aryl methyl sites for hydroxylation is 2. The number of carboxylic acid groups (broad SMARTS) is 1. The molecule has 1 aromatic heterocycles. The summed E-state index contributed by atoms with van der Waals surface area (Å²) in [5.41, 5.74) is 5.20. The van der Waals surface area contributed by atoms with Crippen molar-refractivity contribution in [1.82, 2.24) is 9.97 Å². The molecule has 0 aliphatic carbocycles. The van der Waals surface area contributed by atoms with Gasteiger partial charge in [0.05, 0.1) is 22.2 Å². The van der Waals surface area contributed by atoms with Crippen LogP contribution in [0.1, 0.15) is 47.8 Å². The number of imidazole rings is 1. The zero-order valence-corrected chi connectivity index (χ0v) is 19.0. The fourth-order valence-corrected chi connectivity index (χ4v) is 3.19. The minimum Gasteiger partial charge on any atom is -0.478 e. The lowest BCUT2D eigenvalue weighted by Gasteiger charge is -2.17. The summed E-state index contributed by atoms with van der Waals surface area (Å²) < 4.78 is 5.79. The topological polar surface area (TPSA) is 95.4 Å². The van der Waals surface area contributed by atoms with E-state index >= 15 is 0 Å². The number of nitrogens with one attached hydrogen (secondary N) is 1. The Bertz CT molecular complexity index is 1260. The largest absolute Gasteiger partial charge is 0.478 e. The van der Waals surface area contributed by atoms with Crippen LogP contribution in [0, 0.1) is 13.8 Å². The molecule has 32 heavy (non-hydrogen) atoms. The Kier molecular flexibility index (Phi) is 6.37. The molecule has 3 N–H and O–H groups in total. The Labute approximate surface area is 187 Å². The number of hydrogen-bond acceptors (Lipinski definition) is 4. The molecule has 0 aliphatic heterocycles. The number of aromatic nitrogens is 2. The number of hydrogen-bond donors (Lipinski definition) is 3. The number of aliphatic hydroxyl groups is 1. The molecule has 0 amide bonds. The second-order valence-corrected chi connectivity index (χ2v) is 8.35. The summed E-state index contributed by atoms with van der Waals surface area (Å²) in [6.07, 6.45) is 5.58. The van der Waals surface area contributed by atoms with Gasteiger partial charge in [0.25, 0.3) is 6.01 Å². The summed E-state index contributed by atoms with van der Waals surface area (Å²) in [5, 5.41) is 19.5. The van der Waals surface area contributed by atoms with E-state index in [-0.39, 0.29) is 11.6 Å². The first-order valence-corrected chi connectivity index (χ1v) is 10.3. The molecule has 0 aliphatic rings. The molecule has 3 rings (SSSR count). The van der Waals surface area contributed by atoms with Gasteiger partial charge in [-0.2, -0.15) is 4.98 Å². The molecule has 3 aromatic rings. The van der Waals surface area contributed by atoms with Crippen LogP contribution in [0.2, 0.25) is 0 Å². The highest BCUT2D eigenvalue weighted by Crippen LogP contribution is 2.29. The second kappa shape index (κ2) is 8.85. The van der Waals surface area contributed by atoms with Crippen molar-refractivity contribution in [3.63, 3.8) is 0 Å². The number of carbonyl (C=O) groups is 1. The number of rotatable bonds is 7. The molecule has 1 heterocycles. The van der Waals surface area contributed by atoms with Crippen molar-refractivity contribution in [2.75, 3.05) is 0 Å². The number of allylic oxidation sites excluding steroid dienone is 4. The third-order valence-electron chi connectivity index (χ3n) is 5.47. The van der Waals surface area contributed by atoms with Gasteiger partial charge in [0.2, 0.25) is 0 Å². The average Bonchev–Trinajstić information content (AvgIpc) is 3.09. The van der Waals surface area contributed by atoms with Crippen molar-refractivity contribution in [1.29, 1.82) is 0 Å². The first kappa shape index (κ1) is 23.0. The number of benzene rings is 2. The maximum absolute atomic E-state index is 11.4. The molecule has 0 unspecified atom stereocenters. The second-order valence-electron chi connectivity index (χ2n) is 8.35. The minimum absolute atomic E-state index is 0.187. The predicted molar refractivity (Wildman–Crippen MR) is 127 cm³/mol. The molecule has 6 heteroatoms. The van der Waals surface area contributed by atoms with Crippen LogP contribution < -0.4 is 4.74 Å². The summed E-state index contributed by atoms with van der Waals surface area (Å²) in [6.45, 7) is 13.0. The van der Waals surface area contributed by atoms with Gasteiger partial charge in [0.1, 0.15) is 5.75 Å². The van der Waals surface area contributed by atoms with Crippen LogP contribution >= 0.6 is 0 Å². The zero-order valence-electron chi connectivity index (χ0n) is 19.0. The van der Waals surface area contributed by atoms with Crippen LogP contribution in [0.4, 0.5) is 0 Å². The van der Waals surface area contributed by atoms with E-state index in [2.05, 4.69) is 16.5 Å². The summed E-state index contributed by atoms with van der Waals surface area (Å²) >= 11 is 0. The van der Waals surface area contributed by atoms with Gasteiger partial charge in [-0.15, -0.1) is 0 Å². The average molecular weight is 433 g/mol. The lowest BCUT2D eigenvalue weighted by Crippen LogP contribution is -2.19. The molecule has 166 valence electrons. The van der Waals surface area contributed by atoms with Crippen molar-refractivity contribution in [3.05, 3.63) is 83.0 Å². The fraction of sp³-hybridized carbons (Fsp3) is 0.231. The van der Waals surface area contributed by atoms with Gasteiger partial charge < -0.3 is 19.9 Å². The van der Waals surface area contributed by atoms with Crippen LogP contribution in [0.3, 0.4) is 0 Å². The number of H-pyrrole nitrogens is 1. The third kappa shape index (κ3) is 4.98. The Hall–Kier alpha value is -3.64. The molecule has 6 nitrogen and oxygen atoms in total. The Morgan fingerprint density at radius 2 is 1.84 bits per heavy atom. The summed E-state index contributed by atoms with van der Waals surface area (Å²) in [4.78, 5) is 19.0. The van der Waals surface area contributed by atoms with Gasteiger partial charge >= 0.3 is 5.97 Å². The van der Waals surface area contributed by atoms with Crippen molar-refractivity contribution in [2.45, 2.75) is 40.2 Å². The van der Waals surface area contributed by atoms with Gasteiger partial charge in [0.15, 0.2) is 0 Å². The molecule has 0 fully saturated rings. The van der Waals surface area contributed by atoms with E-state index in [1.165, 1.54) is 6.07 Å². The first-order valence-electron chi connectivity index (χ1n) is 10.3. The van der Waals surface area contributed by atoms with Crippen LogP contribution in [-0.4, -0.2) is 31.8 Å². The number of nitrogens with zero attached hydrogens (tertiary/aromatic N) is 1. The first-order chi connectivity index (χ1) is 15.0. The predicted octanol–water partition coefficient (Wildman–Crippen LogP) is 5.96. The maximum atomic E-state index is 11.4. The fourth-order valence-electron chi connectivity index (χ4n) is 3.19. The molecule has 2 aromatic carbocycles. The van der Waals surface area contributed by atoms with E-state index in [0.29, 0.717) is 16.8 Å². The molecule has 0 radical (unpaired) electrons. The van der Waals surface area contributed by atoms with E-state index < -0.39 is 11.6 Å². The standard InChI is InChI=1S/C26H28N2O4/c1-7-18(10-9-17(4)26(5,6)31)20-14-23-22(12-16(20)3)27-25(28-23)32-19-11-8-15(2)21(13-19)24(29)30/h7-14,31H,1H2,2-6H3,(H,27,28)(H,29,30)/b17-9+,18-10+. The monoisotopic (exact) mass is 432 g/mol. The number of aromatic amines is 1. The highest BCUT2D eigenvalue weighted by molar-refractivity contribution is 5.90. The van der Waals surface area contributed by atoms with E-state index in [0.717, 1.165) is 27.8 Å². The van der Waals surface area contributed by atoms with E-state index in [9.17, 15) is 15.0 Å². The lowest BCUT2D eigenvalue weighted by molar-refractivity contribution is 0.0695. The van der Waals surface area contributed by atoms with Crippen molar-refractivity contribution in [3.8, 4) is 11.8 Å². The summed E-state index contributed by atoms with van der Waals surface area (Å²) in [6, 6.07) is 9.10. The third-order valence-corrected chi connectivity index (χ3v) is 5.47.